The third kappa shape index (κ3) is 2.59. The summed E-state index contributed by atoms with van der Waals surface area (Å²) in [5.74, 6) is 0.879. The van der Waals surface area contributed by atoms with E-state index in [1.54, 1.807) is 6.20 Å². The summed E-state index contributed by atoms with van der Waals surface area (Å²) in [6.45, 7) is 7.34. The summed E-state index contributed by atoms with van der Waals surface area (Å²) in [6, 6.07) is 0. The van der Waals surface area contributed by atoms with E-state index in [0.29, 0.717) is 12.0 Å². The van der Waals surface area contributed by atoms with Gasteiger partial charge in [-0.2, -0.15) is 0 Å². The molecule has 0 unspecified atom stereocenters. The van der Waals surface area contributed by atoms with Crippen LogP contribution in [0.4, 0.5) is 0 Å². The van der Waals surface area contributed by atoms with Gasteiger partial charge in [0.2, 0.25) is 0 Å². The van der Waals surface area contributed by atoms with E-state index in [1.807, 2.05) is 6.92 Å². The van der Waals surface area contributed by atoms with Crippen LogP contribution in [0.1, 0.15) is 58.0 Å². The van der Waals surface area contributed by atoms with Gasteiger partial charge in [0.1, 0.15) is 11.4 Å². The predicted molar refractivity (Wildman–Crippen MR) is 70.1 cm³/mol. The van der Waals surface area contributed by atoms with Crippen LogP contribution in [0.2, 0.25) is 0 Å². The average molecular weight is 252 g/mol. The number of aliphatic hydroxyl groups excluding tert-OH is 1. The van der Waals surface area contributed by atoms with Gasteiger partial charge in [-0.15, -0.1) is 0 Å². The molecule has 0 aromatic carbocycles. The maximum absolute atomic E-state index is 9.13. The van der Waals surface area contributed by atoms with Gasteiger partial charge in [0.05, 0.1) is 18.5 Å². The monoisotopic (exact) mass is 252 g/mol. The summed E-state index contributed by atoms with van der Waals surface area (Å²) in [7, 11) is 0. The van der Waals surface area contributed by atoms with Crippen molar-refractivity contribution < 1.29 is 9.84 Å². The summed E-state index contributed by atoms with van der Waals surface area (Å²) < 4.78 is 6.03. The number of nitrogens with one attached hydrogen (secondary N) is 1. The van der Waals surface area contributed by atoms with Crippen molar-refractivity contribution in [2.24, 2.45) is 5.41 Å². The smallest absolute Gasteiger partial charge is 0.138 e. The Kier molecular flexibility index (Phi) is 3.78. The zero-order valence-electron chi connectivity index (χ0n) is 11.6. The fraction of sp³-hybridized carbons (Fsp3) is 0.786. The molecule has 102 valence electrons. The topological polar surface area (TPSA) is 58.1 Å². The van der Waals surface area contributed by atoms with E-state index in [0.717, 1.165) is 37.2 Å². The van der Waals surface area contributed by atoms with Crippen LogP contribution < -0.4 is 0 Å². The first-order chi connectivity index (χ1) is 8.51. The molecule has 1 aromatic heterocycles. The summed E-state index contributed by atoms with van der Waals surface area (Å²) >= 11 is 0. The van der Waals surface area contributed by atoms with Gasteiger partial charge in [0.25, 0.3) is 0 Å². The molecule has 0 saturated heterocycles. The van der Waals surface area contributed by atoms with Crippen LogP contribution in [0.25, 0.3) is 0 Å². The molecule has 1 saturated carbocycles. The van der Waals surface area contributed by atoms with Crippen molar-refractivity contribution in [1.29, 1.82) is 0 Å². The quantitative estimate of drug-likeness (QED) is 0.866. The van der Waals surface area contributed by atoms with E-state index < -0.39 is 0 Å². The highest BCUT2D eigenvalue weighted by Crippen LogP contribution is 2.46. The minimum atomic E-state index is -0.280. The summed E-state index contributed by atoms with van der Waals surface area (Å²) in [5, 5.41) is 9.13. The molecule has 1 heterocycles. The van der Waals surface area contributed by atoms with Crippen LogP contribution in [0.3, 0.4) is 0 Å². The molecular formula is C14H24N2O2. The normalized spacial score (nSPS) is 22.0. The number of H-pyrrole nitrogens is 1. The SMILES string of the molecule is CCOC1(c2ncc(CO)[nH]2)CCC(C)(C)CC1. The average Bonchev–Trinajstić information content (AvgIpc) is 2.82. The molecule has 0 aliphatic heterocycles. The summed E-state index contributed by atoms with van der Waals surface area (Å²) in [6.07, 6.45) is 5.97. The van der Waals surface area contributed by atoms with Crippen LogP contribution in [0.15, 0.2) is 6.20 Å². The second-order valence-corrected chi connectivity index (χ2v) is 6.01. The first-order valence-corrected chi connectivity index (χ1v) is 6.80. The van der Waals surface area contributed by atoms with Crippen LogP contribution in [-0.2, 0) is 16.9 Å². The van der Waals surface area contributed by atoms with Crippen molar-refractivity contribution in [1.82, 2.24) is 9.97 Å². The lowest BCUT2D eigenvalue weighted by atomic mass is 9.70. The van der Waals surface area contributed by atoms with Crippen molar-refractivity contribution in [2.75, 3.05) is 6.61 Å². The Labute approximate surface area is 109 Å². The number of hydrogen-bond donors (Lipinski definition) is 2. The Hall–Kier alpha value is -0.870. The van der Waals surface area contributed by atoms with Crippen LogP contribution in [0.5, 0.6) is 0 Å². The lowest BCUT2D eigenvalue weighted by Gasteiger charge is -2.42. The molecule has 4 heteroatoms. The number of aromatic nitrogens is 2. The fourth-order valence-corrected chi connectivity index (χ4v) is 2.73. The minimum Gasteiger partial charge on any atom is -0.390 e. The first-order valence-electron chi connectivity index (χ1n) is 6.80. The van der Waals surface area contributed by atoms with E-state index >= 15 is 0 Å². The lowest BCUT2D eigenvalue weighted by Crippen LogP contribution is -2.38. The van der Waals surface area contributed by atoms with Gasteiger partial charge in [-0.3, -0.25) is 0 Å². The number of hydrogen-bond acceptors (Lipinski definition) is 3. The van der Waals surface area contributed by atoms with Crippen molar-refractivity contribution in [2.45, 2.75) is 58.7 Å². The molecule has 2 N–H and O–H groups in total. The number of nitrogens with zero attached hydrogens (tertiary/aromatic N) is 1. The van der Waals surface area contributed by atoms with Crippen LogP contribution in [-0.4, -0.2) is 21.7 Å². The molecule has 1 aliphatic carbocycles. The standard InChI is InChI=1S/C14H24N2O2/c1-4-18-14(7-5-13(2,3)6-8-14)12-15-9-11(10-17)16-12/h9,17H,4-8,10H2,1-3H3,(H,15,16). The number of aromatic amines is 1. The number of rotatable bonds is 4. The van der Waals surface area contributed by atoms with Gasteiger partial charge in [0.15, 0.2) is 0 Å². The minimum absolute atomic E-state index is 0.000693. The molecular weight excluding hydrogens is 228 g/mol. The van der Waals surface area contributed by atoms with Crippen molar-refractivity contribution in [3.05, 3.63) is 17.7 Å². The molecule has 0 radical (unpaired) electrons. The zero-order chi connectivity index (χ0) is 13.2. The highest BCUT2D eigenvalue weighted by Gasteiger charge is 2.42. The molecule has 0 atom stereocenters. The van der Waals surface area contributed by atoms with Gasteiger partial charge < -0.3 is 14.8 Å². The van der Waals surface area contributed by atoms with Gasteiger partial charge in [0, 0.05) is 6.61 Å². The van der Waals surface area contributed by atoms with Crippen LogP contribution in [0, 0.1) is 5.41 Å². The molecule has 4 nitrogen and oxygen atoms in total. The van der Waals surface area contributed by atoms with Gasteiger partial charge in [-0.25, -0.2) is 4.98 Å². The third-order valence-electron chi connectivity index (χ3n) is 4.06. The fourth-order valence-electron chi connectivity index (χ4n) is 2.73. The lowest BCUT2D eigenvalue weighted by molar-refractivity contribution is -0.0944. The van der Waals surface area contributed by atoms with E-state index in [4.69, 9.17) is 9.84 Å². The van der Waals surface area contributed by atoms with Crippen LogP contribution >= 0.6 is 0 Å². The highest BCUT2D eigenvalue weighted by molar-refractivity contribution is 5.10. The number of aliphatic hydroxyl groups is 1. The molecule has 18 heavy (non-hydrogen) atoms. The van der Waals surface area contributed by atoms with E-state index in [-0.39, 0.29) is 12.2 Å². The molecule has 0 bridgehead atoms. The molecule has 0 spiro atoms. The van der Waals surface area contributed by atoms with E-state index in [9.17, 15) is 0 Å². The molecule has 1 aromatic rings. The molecule has 2 rings (SSSR count). The zero-order valence-corrected chi connectivity index (χ0v) is 11.6. The first kappa shape index (κ1) is 13.6. The Morgan fingerprint density at radius 3 is 2.50 bits per heavy atom. The van der Waals surface area contributed by atoms with Crippen molar-refractivity contribution >= 4 is 0 Å². The van der Waals surface area contributed by atoms with Crippen molar-refractivity contribution in [3.8, 4) is 0 Å². The third-order valence-corrected chi connectivity index (χ3v) is 4.06. The largest absolute Gasteiger partial charge is 0.390 e. The summed E-state index contributed by atoms with van der Waals surface area (Å²) in [4.78, 5) is 7.61. The Morgan fingerprint density at radius 2 is 2.00 bits per heavy atom. The second-order valence-electron chi connectivity index (χ2n) is 6.01. The Bertz CT molecular complexity index is 388. The Balaban J connectivity index is 2.22. The predicted octanol–water partition coefficient (Wildman–Crippen LogP) is 2.73. The second kappa shape index (κ2) is 5.02. The molecule has 0 amide bonds. The van der Waals surface area contributed by atoms with Gasteiger partial charge in [-0.1, -0.05) is 13.8 Å². The number of ether oxygens (including phenoxy) is 1. The van der Waals surface area contributed by atoms with Gasteiger partial charge >= 0.3 is 0 Å². The number of imidazole rings is 1. The highest BCUT2D eigenvalue weighted by atomic mass is 16.5. The van der Waals surface area contributed by atoms with Gasteiger partial charge in [-0.05, 0) is 38.0 Å². The summed E-state index contributed by atoms with van der Waals surface area (Å²) in [5.41, 5.74) is 0.874. The maximum Gasteiger partial charge on any atom is 0.138 e. The maximum atomic E-state index is 9.13. The molecule has 1 aliphatic rings. The van der Waals surface area contributed by atoms with E-state index in [1.165, 1.54) is 0 Å². The molecule has 1 fully saturated rings. The van der Waals surface area contributed by atoms with E-state index in [2.05, 4.69) is 23.8 Å². The van der Waals surface area contributed by atoms with Crippen molar-refractivity contribution in [3.63, 3.8) is 0 Å². The Morgan fingerprint density at radius 1 is 1.33 bits per heavy atom.